The van der Waals surface area contributed by atoms with Gasteiger partial charge < -0.3 is 23.8 Å². The summed E-state index contributed by atoms with van der Waals surface area (Å²) in [5.41, 5.74) is 6.10. The Morgan fingerprint density at radius 1 is 1.04 bits per heavy atom. The van der Waals surface area contributed by atoms with Crippen LogP contribution in [0.4, 0.5) is 5.69 Å². The van der Waals surface area contributed by atoms with Crippen molar-refractivity contribution in [3.63, 3.8) is 0 Å². The van der Waals surface area contributed by atoms with Crippen LogP contribution in [0.1, 0.15) is 71.7 Å². The zero-order valence-corrected chi connectivity index (χ0v) is 27.6. The summed E-state index contributed by atoms with van der Waals surface area (Å²) in [6, 6.07) is 16.0. The molecular weight excluding hydrogens is 608 g/mol. The van der Waals surface area contributed by atoms with Crippen molar-refractivity contribution in [2.75, 3.05) is 31.1 Å². The maximum Gasteiger partial charge on any atom is 0.299 e. The van der Waals surface area contributed by atoms with Gasteiger partial charge >= 0.3 is 0 Å². The molecule has 1 unspecified atom stereocenters. The van der Waals surface area contributed by atoms with Crippen molar-refractivity contribution >= 4 is 17.4 Å². The number of benzene rings is 2. The van der Waals surface area contributed by atoms with Crippen molar-refractivity contribution in [3.8, 4) is 17.1 Å². The van der Waals surface area contributed by atoms with Crippen LogP contribution < -0.4 is 15.2 Å². The minimum absolute atomic E-state index is 0.183. The summed E-state index contributed by atoms with van der Waals surface area (Å²) in [5.74, 6) is 1.45. The Hall–Kier alpha value is -5.10. The van der Waals surface area contributed by atoms with Crippen molar-refractivity contribution in [1.82, 2.24) is 34.0 Å². The van der Waals surface area contributed by atoms with Gasteiger partial charge in [0, 0.05) is 44.2 Å². The van der Waals surface area contributed by atoms with Gasteiger partial charge in [-0.05, 0) is 49.9 Å². The van der Waals surface area contributed by atoms with Crippen LogP contribution in [0.25, 0.3) is 17.2 Å². The average molecular weight is 647 g/mol. The summed E-state index contributed by atoms with van der Waals surface area (Å²) in [6.07, 6.45) is 2.32. The van der Waals surface area contributed by atoms with Crippen LogP contribution in [0.2, 0.25) is 0 Å². The number of amides is 1. The van der Waals surface area contributed by atoms with E-state index in [1.807, 2.05) is 43.3 Å². The fourth-order valence-corrected chi connectivity index (χ4v) is 7.23. The Morgan fingerprint density at radius 3 is 2.62 bits per heavy atom. The van der Waals surface area contributed by atoms with E-state index in [0.717, 1.165) is 40.9 Å². The van der Waals surface area contributed by atoms with Crippen LogP contribution in [0, 0.1) is 6.92 Å². The number of hydrogen-bond donors (Lipinski definition) is 0. The first kappa shape index (κ1) is 30.2. The molecule has 0 N–H and O–H groups in total. The molecule has 1 fully saturated rings. The molecule has 0 spiro atoms. The molecule has 246 valence electrons. The molecule has 3 aromatic heterocycles. The lowest BCUT2D eigenvalue weighted by Gasteiger charge is -2.36. The highest BCUT2D eigenvalue weighted by Gasteiger charge is 2.35. The third-order valence-corrected chi connectivity index (χ3v) is 9.91. The second kappa shape index (κ2) is 11.6. The Labute approximate surface area is 278 Å². The SMILES string of the molecule is Cc1ncnc(C(=O)N2CCN(c3c4n(c5nc(-c6ccc7c(c6)COC7(C)C)nn5c3=O)CCC4C)CC2)c1OCc1ccccc1. The molecule has 3 aliphatic heterocycles. The number of ether oxygens (including phenoxy) is 2. The molecule has 0 bridgehead atoms. The highest BCUT2D eigenvalue weighted by molar-refractivity contribution is 5.95. The van der Waals surface area contributed by atoms with E-state index in [2.05, 4.69) is 52.3 Å². The Kier molecular flexibility index (Phi) is 7.28. The summed E-state index contributed by atoms with van der Waals surface area (Å²) in [4.78, 5) is 45.4. The fraction of sp³-hybridized carbons (Fsp3) is 0.389. The van der Waals surface area contributed by atoms with Crippen LogP contribution in [0.5, 0.6) is 5.75 Å². The largest absolute Gasteiger partial charge is 0.485 e. The number of anilines is 1. The van der Waals surface area contributed by atoms with Gasteiger partial charge in [0.25, 0.3) is 11.5 Å². The molecule has 12 nitrogen and oxygen atoms in total. The van der Waals surface area contributed by atoms with Gasteiger partial charge in [-0.25, -0.2) is 9.97 Å². The molecule has 0 aliphatic carbocycles. The lowest BCUT2D eigenvalue weighted by molar-refractivity contribution is -0.00789. The predicted octanol–water partition coefficient (Wildman–Crippen LogP) is 4.47. The summed E-state index contributed by atoms with van der Waals surface area (Å²) >= 11 is 0. The monoisotopic (exact) mass is 646 g/mol. The van der Waals surface area contributed by atoms with Gasteiger partial charge in [0.2, 0.25) is 5.78 Å². The predicted molar refractivity (Wildman–Crippen MR) is 179 cm³/mol. The summed E-state index contributed by atoms with van der Waals surface area (Å²) in [7, 11) is 0. The van der Waals surface area contributed by atoms with Crippen LogP contribution >= 0.6 is 0 Å². The first-order chi connectivity index (χ1) is 23.2. The number of carbonyl (C=O) groups is 1. The van der Waals surface area contributed by atoms with Crippen molar-refractivity contribution in [2.45, 2.75) is 65.4 Å². The van der Waals surface area contributed by atoms with Gasteiger partial charge in [-0.2, -0.15) is 9.50 Å². The quantitative estimate of drug-likeness (QED) is 0.263. The number of carbonyl (C=O) groups excluding carboxylic acids is 1. The highest BCUT2D eigenvalue weighted by Crippen LogP contribution is 2.38. The van der Waals surface area contributed by atoms with Crippen molar-refractivity contribution in [2.24, 2.45) is 0 Å². The average Bonchev–Trinajstić information content (AvgIpc) is 3.80. The molecule has 3 aliphatic rings. The third kappa shape index (κ3) is 5.02. The smallest absolute Gasteiger partial charge is 0.299 e. The zero-order valence-electron chi connectivity index (χ0n) is 27.6. The number of piperazine rings is 1. The number of hydrogen-bond acceptors (Lipinski definition) is 9. The Bertz CT molecular complexity index is 2110. The molecule has 1 amide bonds. The van der Waals surface area contributed by atoms with E-state index in [1.165, 1.54) is 10.8 Å². The van der Waals surface area contributed by atoms with Gasteiger partial charge in [0.15, 0.2) is 17.3 Å². The minimum atomic E-state index is -0.328. The molecule has 1 atom stereocenters. The van der Waals surface area contributed by atoms with Crippen LogP contribution in [0.15, 0.2) is 59.7 Å². The molecule has 1 saturated heterocycles. The topological polar surface area (TPSA) is 120 Å². The van der Waals surface area contributed by atoms with E-state index in [0.29, 0.717) is 68.1 Å². The molecular formula is C36H38N8O4. The first-order valence-corrected chi connectivity index (χ1v) is 16.5. The number of nitrogens with zero attached hydrogens (tertiary/aromatic N) is 8. The molecule has 6 heterocycles. The van der Waals surface area contributed by atoms with Gasteiger partial charge in [-0.3, -0.25) is 9.59 Å². The normalized spacial score (nSPS) is 18.3. The number of fused-ring (bicyclic) bond motifs is 4. The van der Waals surface area contributed by atoms with E-state index in [-0.39, 0.29) is 28.7 Å². The molecule has 5 aromatic rings. The molecule has 2 aromatic carbocycles. The van der Waals surface area contributed by atoms with E-state index >= 15 is 0 Å². The summed E-state index contributed by atoms with van der Waals surface area (Å²) in [6.45, 7) is 11.6. The Morgan fingerprint density at radius 2 is 1.83 bits per heavy atom. The van der Waals surface area contributed by atoms with Gasteiger partial charge in [-0.1, -0.05) is 49.4 Å². The minimum Gasteiger partial charge on any atom is -0.485 e. The van der Waals surface area contributed by atoms with E-state index in [4.69, 9.17) is 19.6 Å². The highest BCUT2D eigenvalue weighted by atomic mass is 16.5. The molecule has 0 saturated carbocycles. The van der Waals surface area contributed by atoms with Crippen molar-refractivity contribution in [1.29, 1.82) is 0 Å². The second-order valence-corrected chi connectivity index (χ2v) is 13.4. The van der Waals surface area contributed by atoms with Gasteiger partial charge in [0.05, 0.1) is 23.6 Å². The van der Waals surface area contributed by atoms with E-state index in [1.54, 1.807) is 4.90 Å². The van der Waals surface area contributed by atoms with Gasteiger partial charge in [0.1, 0.15) is 18.6 Å². The maximum atomic E-state index is 14.2. The zero-order chi connectivity index (χ0) is 33.2. The number of rotatable bonds is 6. The van der Waals surface area contributed by atoms with Crippen molar-refractivity contribution < 1.29 is 14.3 Å². The Balaban J connectivity index is 1.06. The second-order valence-electron chi connectivity index (χ2n) is 13.4. The van der Waals surface area contributed by atoms with Gasteiger partial charge in [-0.15, -0.1) is 5.10 Å². The standard InChI is InChI=1S/C36H38N8O4/c1-22-12-13-43-29(22)30(34(46)44-35(43)39-32(40-44)25-10-11-27-26(18-25)20-48-36(27,3)4)41-14-16-42(17-15-41)33(45)28-31(23(2)37-21-38-28)47-19-24-8-6-5-7-9-24/h5-11,18,21-22H,12-17,19-20H2,1-4H3. The third-order valence-electron chi connectivity index (χ3n) is 9.91. The number of aryl methyl sites for hydroxylation is 2. The van der Waals surface area contributed by atoms with Crippen LogP contribution in [0.3, 0.4) is 0 Å². The summed E-state index contributed by atoms with van der Waals surface area (Å²) in [5, 5.41) is 4.75. The van der Waals surface area contributed by atoms with Crippen molar-refractivity contribution in [3.05, 3.63) is 99.0 Å². The van der Waals surface area contributed by atoms with Crippen LogP contribution in [-0.4, -0.2) is 66.1 Å². The molecule has 12 heteroatoms. The van der Waals surface area contributed by atoms with E-state index in [9.17, 15) is 9.59 Å². The lowest BCUT2D eigenvalue weighted by Crippen LogP contribution is -2.51. The molecule has 0 radical (unpaired) electrons. The molecule has 8 rings (SSSR count). The fourth-order valence-electron chi connectivity index (χ4n) is 7.23. The summed E-state index contributed by atoms with van der Waals surface area (Å²) < 4.78 is 15.7. The number of aromatic nitrogens is 6. The maximum absolute atomic E-state index is 14.2. The van der Waals surface area contributed by atoms with E-state index < -0.39 is 0 Å². The van der Waals surface area contributed by atoms with Crippen LogP contribution in [-0.2, 0) is 30.1 Å². The lowest BCUT2D eigenvalue weighted by atomic mass is 9.94. The molecule has 48 heavy (non-hydrogen) atoms. The first-order valence-electron chi connectivity index (χ1n) is 16.5.